The monoisotopic (exact) mass is 597 g/mol. The number of hydrogen-bond acceptors (Lipinski definition) is 6. The van der Waals surface area contributed by atoms with Gasteiger partial charge in [0.05, 0.1) is 12.6 Å². The molecule has 41 heavy (non-hydrogen) atoms. The summed E-state index contributed by atoms with van der Waals surface area (Å²) in [4.78, 5) is 11.5. The number of methoxy groups -OCH3 is 1. The van der Waals surface area contributed by atoms with Crippen LogP contribution in [0.15, 0.2) is 53.6 Å². The van der Waals surface area contributed by atoms with Crippen molar-refractivity contribution >= 4 is 26.9 Å². The van der Waals surface area contributed by atoms with Gasteiger partial charge in [-0.1, -0.05) is 18.2 Å². The molecule has 2 saturated heterocycles. The molecule has 12 heteroatoms. The minimum absolute atomic E-state index is 0.186. The van der Waals surface area contributed by atoms with Crippen molar-refractivity contribution < 1.29 is 36.2 Å². The van der Waals surface area contributed by atoms with Crippen molar-refractivity contribution in [3.63, 3.8) is 0 Å². The minimum Gasteiger partial charge on any atom is -0.495 e. The van der Waals surface area contributed by atoms with Crippen LogP contribution in [0.3, 0.4) is 0 Å². The molecule has 0 saturated carbocycles. The van der Waals surface area contributed by atoms with Crippen LogP contribution in [-0.2, 0) is 21.4 Å². The quantitative estimate of drug-likeness (QED) is 0.397. The molecule has 2 aliphatic rings. The van der Waals surface area contributed by atoms with Gasteiger partial charge in [0.2, 0.25) is 0 Å². The number of aryl methyl sites for hydroxylation is 1. The first kappa shape index (κ1) is 32.4. The number of likely N-dealkylation sites (tertiary alicyclic amines) is 1. The van der Waals surface area contributed by atoms with Crippen molar-refractivity contribution in [3.8, 4) is 5.75 Å². The van der Waals surface area contributed by atoms with Crippen LogP contribution in [-0.4, -0.2) is 66.8 Å². The van der Waals surface area contributed by atoms with Crippen LogP contribution in [0.5, 0.6) is 5.75 Å². The molecule has 0 bridgehead atoms. The molecule has 3 aromatic rings. The number of rotatable bonds is 5. The number of carboxylic acid groups (broad SMARTS) is 1. The Morgan fingerprint density at radius 3 is 2.34 bits per heavy atom. The zero-order chi connectivity index (χ0) is 30.4. The van der Waals surface area contributed by atoms with Gasteiger partial charge in [0.1, 0.15) is 10.6 Å². The number of ether oxygens (including phenoxy) is 1. The van der Waals surface area contributed by atoms with Crippen molar-refractivity contribution in [3.05, 3.63) is 59.8 Å². The van der Waals surface area contributed by atoms with Crippen molar-refractivity contribution in [2.75, 3.05) is 20.2 Å². The van der Waals surface area contributed by atoms with Gasteiger partial charge < -0.3 is 15.2 Å². The van der Waals surface area contributed by atoms with Gasteiger partial charge in [0.15, 0.2) is 0 Å². The summed E-state index contributed by atoms with van der Waals surface area (Å²) in [7, 11) is -2.27. The summed E-state index contributed by atoms with van der Waals surface area (Å²) in [5.74, 6) is -2.40. The zero-order valence-electron chi connectivity index (χ0n) is 23.7. The molecular weight excluding hydrogens is 559 g/mol. The van der Waals surface area contributed by atoms with Crippen molar-refractivity contribution in [2.45, 2.75) is 76.2 Å². The third kappa shape index (κ3) is 8.23. The Morgan fingerprint density at radius 1 is 1.12 bits per heavy atom. The van der Waals surface area contributed by atoms with Gasteiger partial charge in [0.25, 0.3) is 10.0 Å². The first-order chi connectivity index (χ1) is 19.3. The fourth-order valence-corrected chi connectivity index (χ4v) is 6.54. The molecule has 5 rings (SSSR count). The van der Waals surface area contributed by atoms with Gasteiger partial charge in [0, 0.05) is 30.2 Å². The molecule has 2 unspecified atom stereocenters. The Morgan fingerprint density at radius 2 is 1.83 bits per heavy atom. The maximum Gasteiger partial charge on any atom is 0.490 e. The second-order valence-corrected chi connectivity index (χ2v) is 12.2. The molecule has 1 aromatic heterocycles. The number of carboxylic acids is 1. The summed E-state index contributed by atoms with van der Waals surface area (Å²) >= 11 is 0. The molecule has 0 radical (unpaired) electrons. The van der Waals surface area contributed by atoms with E-state index in [1.165, 1.54) is 43.3 Å². The average Bonchev–Trinajstić information content (AvgIpc) is 3.66. The molecule has 8 nitrogen and oxygen atoms in total. The Bertz CT molecular complexity index is 1430. The Balaban J connectivity index is 0.000000294. The molecule has 0 amide bonds. The number of benzene rings is 2. The fraction of sp³-hybridized carbons (Fsp3) is 0.483. The highest BCUT2D eigenvalue weighted by atomic mass is 32.2. The second-order valence-electron chi connectivity index (χ2n) is 10.4. The van der Waals surface area contributed by atoms with Crippen molar-refractivity contribution in [1.29, 1.82) is 0 Å². The fourth-order valence-electron chi connectivity index (χ4n) is 4.95. The third-order valence-electron chi connectivity index (χ3n) is 7.26. The van der Waals surface area contributed by atoms with Crippen LogP contribution >= 0.6 is 0 Å². The Labute approximate surface area is 239 Å². The van der Waals surface area contributed by atoms with Gasteiger partial charge >= 0.3 is 12.1 Å². The van der Waals surface area contributed by atoms with E-state index in [2.05, 4.69) is 30.1 Å². The number of fused-ring (bicyclic) bond motifs is 1. The van der Waals surface area contributed by atoms with Crippen LogP contribution in [0.25, 0.3) is 10.9 Å². The topological polar surface area (TPSA) is 101 Å². The van der Waals surface area contributed by atoms with Crippen LogP contribution in [0, 0.1) is 6.92 Å². The van der Waals surface area contributed by atoms with E-state index in [4.69, 9.17) is 14.6 Å². The number of carbonyl (C=O) groups is 1. The SMILES string of the molecule is CC1CCCN1.COc1ccc(C)cc1S(=O)(=O)n1ccc2c(CN3CCCC3C)cccc21.O=C(O)C(F)(F)F. The van der Waals surface area contributed by atoms with E-state index in [9.17, 15) is 21.6 Å². The smallest absolute Gasteiger partial charge is 0.490 e. The molecule has 2 aliphatic heterocycles. The molecule has 0 aliphatic carbocycles. The molecule has 2 N–H and O–H groups in total. The first-order valence-electron chi connectivity index (χ1n) is 13.5. The Hall–Kier alpha value is -3.09. The predicted molar refractivity (Wildman–Crippen MR) is 152 cm³/mol. The normalized spacial score (nSPS) is 19.3. The number of halogens is 3. The average molecular weight is 598 g/mol. The molecule has 2 fully saturated rings. The third-order valence-corrected chi connectivity index (χ3v) is 8.97. The van der Waals surface area contributed by atoms with E-state index < -0.39 is 22.2 Å². The molecule has 226 valence electrons. The lowest BCUT2D eigenvalue weighted by atomic mass is 10.1. The Kier molecular flexibility index (Phi) is 10.8. The summed E-state index contributed by atoms with van der Waals surface area (Å²) in [6.45, 7) is 9.54. The number of aliphatic carboxylic acids is 1. The first-order valence-corrected chi connectivity index (χ1v) is 15.0. The van der Waals surface area contributed by atoms with Crippen molar-refractivity contribution in [1.82, 2.24) is 14.2 Å². The van der Waals surface area contributed by atoms with Crippen LogP contribution < -0.4 is 10.1 Å². The van der Waals surface area contributed by atoms with Gasteiger partial charge in [-0.15, -0.1) is 0 Å². The standard InChI is InChI=1S/C22H26N2O3S.C5H11N.C2HF3O2/c1-16-9-10-21(27-3)22(14-16)28(25,26)24-13-11-19-18(7-4-8-20(19)24)15-23-12-5-6-17(23)2;1-5-3-2-4-6-5;3-2(4,5)1(6)7/h4,7-11,13-14,17H,5-6,12,15H2,1-3H3;5-6H,2-4H2,1H3;(H,6,7). The summed E-state index contributed by atoms with van der Waals surface area (Å²) in [5.41, 5.74) is 2.74. The lowest BCUT2D eigenvalue weighted by Crippen LogP contribution is -2.26. The minimum atomic E-state index is -5.08. The van der Waals surface area contributed by atoms with E-state index in [-0.39, 0.29) is 4.90 Å². The van der Waals surface area contributed by atoms with Gasteiger partial charge in [-0.2, -0.15) is 13.2 Å². The van der Waals surface area contributed by atoms with Gasteiger partial charge in [-0.05, 0) is 94.9 Å². The molecule has 0 spiro atoms. The van der Waals surface area contributed by atoms with E-state index in [0.29, 0.717) is 17.3 Å². The van der Waals surface area contributed by atoms with E-state index >= 15 is 0 Å². The van der Waals surface area contributed by atoms with Crippen LogP contribution in [0.2, 0.25) is 0 Å². The van der Waals surface area contributed by atoms with Crippen LogP contribution in [0.1, 0.15) is 50.7 Å². The van der Waals surface area contributed by atoms with E-state index in [0.717, 1.165) is 35.6 Å². The van der Waals surface area contributed by atoms with Gasteiger partial charge in [-0.3, -0.25) is 4.90 Å². The van der Waals surface area contributed by atoms with Gasteiger partial charge in [-0.25, -0.2) is 17.2 Å². The number of nitrogens with one attached hydrogen (secondary N) is 1. The van der Waals surface area contributed by atoms with E-state index in [1.807, 2.05) is 31.2 Å². The number of nitrogens with zero attached hydrogens (tertiary/aromatic N) is 2. The molecule has 2 atom stereocenters. The molecule has 2 aromatic carbocycles. The number of aromatic nitrogens is 1. The molecular formula is C29H38F3N3O5S. The number of alkyl halides is 3. The summed E-state index contributed by atoms with van der Waals surface area (Å²) < 4.78 is 65.3. The van der Waals surface area contributed by atoms with E-state index in [1.54, 1.807) is 18.3 Å². The summed E-state index contributed by atoms with van der Waals surface area (Å²) in [6.07, 6.45) is 1.76. The largest absolute Gasteiger partial charge is 0.495 e. The highest BCUT2D eigenvalue weighted by Crippen LogP contribution is 2.31. The highest BCUT2D eigenvalue weighted by molar-refractivity contribution is 7.90. The summed E-state index contributed by atoms with van der Waals surface area (Å²) in [6, 6.07) is 14.4. The zero-order valence-corrected chi connectivity index (χ0v) is 24.6. The maximum absolute atomic E-state index is 13.4. The molecule has 3 heterocycles. The van der Waals surface area contributed by atoms with Crippen LogP contribution in [0.4, 0.5) is 13.2 Å². The number of hydrogen-bond donors (Lipinski definition) is 2. The lowest BCUT2D eigenvalue weighted by Gasteiger charge is -2.21. The maximum atomic E-state index is 13.4. The predicted octanol–water partition coefficient (Wildman–Crippen LogP) is 5.57. The second kappa shape index (κ2) is 13.7. The lowest BCUT2D eigenvalue weighted by molar-refractivity contribution is -0.192. The highest BCUT2D eigenvalue weighted by Gasteiger charge is 2.38. The summed E-state index contributed by atoms with van der Waals surface area (Å²) in [5, 5.41) is 11.4. The van der Waals surface area contributed by atoms with Crippen molar-refractivity contribution in [2.24, 2.45) is 0 Å².